The number of benzene rings is 1. The second kappa shape index (κ2) is 9.68. The second-order valence-electron chi connectivity index (χ2n) is 10.1. The maximum Gasteiger partial charge on any atom is 0.416 e. The fourth-order valence-corrected chi connectivity index (χ4v) is 5.70. The summed E-state index contributed by atoms with van der Waals surface area (Å²) in [6.45, 7) is 5.85. The van der Waals surface area contributed by atoms with Gasteiger partial charge in [0.15, 0.2) is 0 Å². The fraction of sp³-hybridized carbons (Fsp3) is 0.600. The van der Waals surface area contributed by atoms with Crippen LogP contribution < -0.4 is 5.32 Å². The lowest BCUT2D eigenvalue weighted by Gasteiger charge is -2.38. The monoisotopic (exact) mass is 480 g/mol. The van der Waals surface area contributed by atoms with Gasteiger partial charge in [-0.1, -0.05) is 13.8 Å². The molecule has 9 heteroatoms. The van der Waals surface area contributed by atoms with E-state index in [0.29, 0.717) is 18.0 Å². The molecule has 2 heterocycles. The van der Waals surface area contributed by atoms with Gasteiger partial charge in [-0.3, -0.25) is 9.89 Å². The lowest BCUT2D eigenvalue weighted by atomic mass is 9.74. The summed E-state index contributed by atoms with van der Waals surface area (Å²) in [5.74, 6) is -0.559. The van der Waals surface area contributed by atoms with E-state index in [9.17, 15) is 22.4 Å². The van der Waals surface area contributed by atoms with E-state index in [4.69, 9.17) is 0 Å². The molecule has 1 aliphatic carbocycles. The van der Waals surface area contributed by atoms with Crippen molar-refractivity contribution >= 4 is 5.91 Å². The van der Waals surface area contributed by atoms with Gasteiger partial charge in [-0.2, -0.15) is 18.3 Å². The van der Waals surface area contributed by atoms with E-state index in [1.54, 1.807) is 6.20 Å². The Balaban J connectivity index is 1.38. The van der Waals surface area contributed by atoms with Crippen molar-refractivity contribution in [3.63, 3.8) is 0 Å². The number of halogens is 4. The topological polar surface area (TPSA) is 61.0 Å². The van der Waals surface area contributed by atoms with Gasteiger partial charge in [0.25, 0.3) is 0 Å². The summed E-state index contributed by atoms with van der Waals surface area (Å²) in [5.41, 5.74) is -0.344. The Labute approximate surface area is 197 Å². The summed E-state index contributed by atoms with van der Waals surface area (Å²) >= 11 is 0. The number of carbonyl (C=O) groups excluding carboxylic acids is 1. The number of amides is 1. The van der Waals surface area contributed by atoms with Crippen LogP contribution in [0.15, 0.2) is 30.5 Å². The maximum atomic E-state index is 13.7. The lowest BCUT2D eigenvalue weighted by Crippen LogP contribution is -2.45. The van der Waals surface area contributed by atoms with E-state index in [2.05, 4.69) is 20.4 Å². The van der Waals surface area contributed by atoms with E-state index in [1.165, 1.54) is 5.69 Å². The standard InChI is InChI=1S/C25H32F4N4O/c1-16(2)24(23(34)30-15-17-11-19(25(27,28)29)13-20(26)12-17)7-3-21(14-24)33-9-5-18(6-10-33)22-4-8-31-32-22/h4,8,11-13,16,18,21H,3,5-7,9-10,14-15H2,1-2H3,(H,30,34)(H,31,32)/t21-,24+/m1/s1. The summed E-state index contributed by atoms with van der Waals surface area (Å²) in [4.78, 5) is 15.8. The van der Waals surface area contributed by atoms with Gasteiger partial charge < -0.3 is 10.2 Å². The third-order valence-corrected chi connectivity index (χ3v) is 7.83. The minimum absolute atomic E-state index is 0.0817. The average Bonchev–Trinajstić information content (AvgIpc) is 3.48. The van der Waals surface area contributed by atoms with Crippen LogP contribution in [0.5, 0.6) is 0 Å². The predicted molar refractivity (Wildman–Crippen MR) is 120 cm³/mol. The summed E-state index contributed by atoms with van der Waals surface area (Å²) in [7, 11) is 0. The molecule has 4 rings (SSSR count). The van der Waals surface area contributed by atoms with Crippen LogP contribution in [0.1, 0.15) is 68.7 Å². The van der Waals surface area contributed by atoms with Gasteiger partial charge in [-0.15, -0.1) is 0 Å². The number of nitrogens with zero attached hydrogens (tertiary/aromatic N) is 2. The first kappa shape index (κ1) is 24.7. The number of nitrogens with one attached hydrogen (secondary N) is 2. The van der Waals surface area contributed by atoms with Gasteiger partial charge in [0.2, 0.25) is 5.91 Å². The quantitative estimate of drug-likeness (QED) is 0.555. The summed E-state index contributed by atoms with van der Waals surface area (Å²) in [5, 5.41) is 9.94. The Morgan fingerprint density at radius 1 is 1.24 bits per heavy atom. The number of likely N-dealkylation sites (tertiary alicyclic amines) is 1. The van der Waals surface area contributed by atoms with Gasteiger partial charge >= 0.3 is 6.18 Å². The van der Waals surface area contributed by atoms with E-state index >= 15 is 0 Å². The van der Waals surface area contributed by atoms with E-state index < -0.39 is 23.0 Å². The number of aromatic nitrogens is 2. The molecular formula is C25H32F4N4O. The van der Waals surface area contributed by atoms with E-state index in [-0.39, 0.29) is 23.9 Å². The minimum atomic E-state index is -4.64. The molecule has 2 aromatic rings. The number of alkyl halides is 3. The van der Waals surface area contributed by atoms with Crippen molar-refractivity contribution in [3.8, 4) is 0 Å². The SMILES string of the molecule is CC(C)[C@]1(C(=O)NCc2cc(F)cc(C(F)(F)F)c2)CC[C@@H](N2CCC(c3ccn[nH]3)CC2)C1. The highest BCUT2D eigenvalue weighted by atomic mass is 19.4. The Hall–Kier alpha value is -2.42. The molecule has 0 unspecified atom stereocenters. The zero-order valence-electron chi connectivity index (χ0n) is 19.6. The summed E-state index contributed by atoms with van der Waals surface area (Å²) in [6.07, 6.45) is 1.60. The van der Waals surface area contributed by atoms with Gasteiger partial charge in [-0.25, -0.2) is 4.39 Å². The molecule has 0 spiro atoms. The van der Waals surface area contributed by atoms with Crippen LogP contribution in [0.4, 0.5) is 17.6 Å². The normalized spacial score (nSPS) is 24.6. The van der Waals surface area contributed by atoms with Crippen molar-refractivity contribution in [1.29, 1.82) is 0 Å². The molecule has 2 fully saturated rings. The molecule has 2 atom stereocenters. The molecule has 1 aliphatic heterocycles. The number of aromatic amines is 1. The predicted octanol–water partition coefficient (Wildman–Crippen LogP) is 5.26. The van der Waals surface area contributed by atoms with Crippen molar-refractivity contribution in [3.05, 3.63) is 53.1 Å². The third kappa shape index (κ3) is 5.14. The van der Waals surface area contributed by atoms with Crippen LogP contribution in [-0.2, 0) is 17.5 Å². The number of hydrogen-bond acceptors (Lipinski definition) is 3. The van der Waals surface area contributed by atoms with Gasteiger partial charge in [0, 0.05) is 30.4 Å². The van der Waals surface area contributed by atoms with E-state index in [1.807, 2.05) is 19.9 Å². The van der Waals surface area contributed by atoms with Crippen molar-refractivity contribution in [2.75, 3.05) is 13.1 Å². The van der Waals surface area contributed by atoms with Crippen LogP contribution in [0.2, 0.25) is 0 Å². The molecule has 2 N–H and O–H groups in total. The molecule has 0 radical (unpaired) electrons. The third-order valence-electron chi connectivity index (χ3n) is 7.83. The molecular weight excluding hydrogens is 448 g/mol. The van der Waals surface area contributed by atoms with Crippen LogP contribution >= 0.6 is 0 Å². The second-order valence-corrected chi connectivity index (χ2v) is 10.1. The van der Waals surface area contributed by atoms with Crippen LogP contribution in [-0.4, -0.2) is 40.1 Å². The Morgan fingerprint density at radius 3 is 2.59 bits per heavy atom. The van der Waals surface area contributed by atoms with E-state index in [0.717, 1.165) is 57.3 Å². The molecule has 1 saturated carbocycles. The smallest absolute Gasteiger partial charge is 0.352 e. The minimum Gasteiger partial charge on any atom is -0.352 e. The van der Waals surface area contributed by atoms with Gasteiger partial charge in [-0.05, 0) is 80.9 Å². The van der Waals surface area contributed by atoms with Crippen molar-refractivity contribution in [1.82, 2.24) is 20.4 Å². The highest BCUT2D eigenvalue weighted by Gasteiger charge is 2.49. The van der Waals surface area contributed by atoms with Crippen molar-refractivity contribution in [2.45, 2.75) is 70.6 Å². The average molecular weight is 481 g/mol. The summed E-state index contributed by atoms with van der Waals surface area (Å²) < 4.78 is 52.8. The first-order valence-electron chi connectivity index (χ1n) is 12.0. The number of carbonyl (C=O) groups is 1. The molecule has 1 aromatic heterocycles. The largest absolute Gasteiger partial charge is 0.416 e. The zero-order valence-corrected chi connectivity index (χ0v) is 19.6. The first-order valence-corrected chi connectivity index (χ1v) is 12.0. The molecule has 2 aliphatic rings. The number of hydrogen-bond donors (Lipinski definition) is 2. The van der Waals surface area contributed by atoms with Gasteiger partial charge in [0.1, 0.15) is 5.82 Å². The first-order chi connectivity index (χ1) is 16.1. The highest BCUT2D eigenvalue weighted by Crippen LogP contribution is 2.47. The fourth-order valence-electron chi connectivity index (χ4n) is 5.70. The van der Waals surface area contributed by atoms with Crippen molar-refractivity contribution in [2.24, 2.45) is 11.3 Å². The molecule has 186 valence electrons. The maximum absolute atomic E-state index is 13.7. The number of H-pyrrole nitrogens is 1. The molecule has 5 nitrogen and oxygen atoms in total. The lowest BCUT2D eigenvalue weighted by molar-refractivity contribution is -0.137. The number of rotatable bonds is 6. The molecule has 0 bridgehead atoms. The van der Waals surface area contributed by atoms with Crippen molar-refractivity contribution < 1.29 is 22.4 Å². The summed E-state index contributed by atoms with van der Waals surface area (Å²) in [6, 6.07) is 4.74. The van der Waals surface area contributed by atoms with Gasteiger partial charge in [0.05, 0.1) is 11.0 Å². The molecule has 1 saturated heterocycles. The Bertz CT molecular complexity index is 983. The molecule has 1 amide bonds. The highest BCUT2D eigenvalue weighted by molar-refractivity contribution is 5.83. The Kier molecular flexibility index (Phi) is 7.03. The zero-order chi connectivity index (χ0) is 24.5. The van der Waals surface area contributed by atoms with Crippen LogP contribution in [0.3, 0.4) is 0 Å². The molecule has 34 heavy (non-hydrogen) atoms. The Morgan fingerprint density at radius 2 is 1.97 bits per heavy atom. The van der Waals surface area contributed by atoms with Crippen LogP contribution in [0.25, 0.3) is 0 Å². The molecule has 1 aromatic carbocycles. The number of piperidine rings is 1. The van der Waals surface area contributed by atoms with Crippen LogP contribution in [0, 0.1) is 17.2 Å².